The van der Waals surface area contributed by atoms with E-state index < -0.39 is 29.7 Å². The molecule has 156 valence electrons. The Kier molecular flexibility index (Phi) is 6.31. The van der Waals surface area contributed by atoms with Gasteiger partial charge in [0.05, 0.1) is 25.0 Å². The third-order valence-electron chi connectivity index (χ3n) is 4.47. The van der Waals surface area contributed by atoms with Crippen LogP contribution in [-0.4, -0.2) is 44.1 Å². The van der Waals surface area contributed by atoms with Crippen molar-refractivity contribution in [2.24, 2.45) is 5.92 Å². The largest absolute Gasteiger partial charge is 0.497 e. The maximum Gasteiger partial charge on any atom is 0.338 e. The molecule has 2 aromatic carbocycles. The van der Waals surface area contributed by atoms with E-state index in [-0.39, 0.29) is 13.2 Å². The molecule has 1 heterocycles. The Morgan fingerprint density at radius 1 is 1.17 bits per heavy atom. The van der Waals surface area contributed by atoms with Crippen LogP contribution in [0.25, 0.3) is 0 Å². The van der Waals surface area contributed by atoms with Crippen LogP contribution in [0, 0.1) is 5.92 Å². The number of hydrogen-bond donors (Lipinski definition) is 2. The fourth-order valence-electron chi connectivity index (χ4n) is 2.94. The monoisotopic (exact) mass is 411 g/mol. The minimum absolute atomic E-state index is 0.120. The summed E-state index contributed by atoms with van der Waals surface area (Å²) in [7, 11) is 1.47. The van der Waals surface area contributed by atoms with Crippen molar-refractivity contribution in [3.05, 3.63) is 54.1 Å². The van der Waals surface area contributed by atoms with E-state index >= 15 is 0 Å². The van der Waals surface area contributed by atoms with Crippen LogP contribution in [-0.2, 0) is 14.3 Å². The molecule has 3 rings (SSSR count). The number of carbonyl (C=O) groups excluding carboxylic acids is 4. The molecule has 4 amide bonds. The lowest BCUT2D eigenvalue weighted by Gasteiger charge is -2.30. The van der Waals surface area contributed by atoms with E-state index in [1.807, 2.05) is 0 Å². The van der Waals surface area contributed by atoms with Gasteiger partial charge in [0, 0.05) is 18.3 Å². The molecule has 1 aliphatic rings. The first-order valence-electron chi connectivity index (χ1n) is 9.28. The minimum Gasteiger partial charge on any atom is -0.497 e. The average molecular weight is 411 g/mol. The fraction of sp³-hybridized carbons (Fsp3) is 0.238. The summed E-state index contributed by atoms with van der Waals surface area (Å²) in [6.45, 7) is 1.85. The summed E-state index contributed by atoms with van der Waals surface area (Å²) in [5.74, 6) is -2.32. The van der Waals surface area contributed by atoms with Crippen LogP contribution >= 0.6 is 0 Å². The van der Waals surface area contributed by atoms with Gasteiger partial charge in [-0.25, -0.2) is 14.5 Å². The molecule has 2 N–H and O–H groups in total. The molecule has 1 fully saturated rings. The Balaban J connectivity index is 1.73. The summed E-state index contributed by atoms with van der Waals surface area (Å²) < 4.78 is 10.0. The number of nitrogens with zero attached hydrogens (tertiary/aromatic N) is 1. The normalized spacial score (nSPS) is 15.9. The van der Waals surface area contributed by atoms with E-state index in [0.29, 0.717) is 22.7 Å². The maximum absolute atomic E-state index is 12.9. The molecule has 0 aliphatic carbocycles. The summed E-state index contributed by atoms with van der Waals surface area (Å²) in [4.78, 5) is 50.5. The van der Waals surface area contributed by atoms with E-state index in [1.165, 1.54) is 37.4 Å². The van der Waals surface area contributed by atoms with Crippen molar-refractivity contribution in [3.63, 3.8) is 0 Å². The number of rotatable bonds is 6. The number of imide groups is 1. The molecule has 1 aliphatic heterocycles. The highest BCUT2D eigenvalue weighted by molar-refractivity contribution is 6.23. The molecule has 0 spiro atoms. The number of carbonyl (C=O) groups is 4. The van der Waals surface area contributed by atoms with Crippen LogP contribution in [0.15, 0.2) is 48.5 Å². The number of urea groups is 1. The number of benzene rings is 2. The minimum atomic E-state index is -1.11. The molecule has 1 unspecified atom stereocenters. The Morgan fingerprint density at radius 3 is 2.57 bits per heavy atom. The van der Waals surface area contributed by atoms with Crippen LogP contribution in [0.5, 0.6) is 5.75 Å². The van der Waals surface area contributed by atoms with E-state index in [0.717, 1.165) is 4.90 Å². The van der Waals surface area contributed by atoms with Gasteiger partial charge in [0.2, 0.25) is 11.8 Å². The number of amides is 4. The zero-order valence-corrected chi connectivity index (χ0v) is 16.5. The van der Waals surface area contributed by atoms with E-state index in [9.17, 15) is 19.2 Å². The Labute approximate surface area is 172 Å². The number of ether oxygens (including phenoxy) is 2. The molecule has 1 saturated heterocycles. The third kappa shape index (κ3) is 4.40. The predicted molar refractivity (Wildman–Crippen MR) is 108 cm³/mol. The molecule has 2 aromatic rings. The van der Waals surface area contributed by atoms with Crippen molar-refractivity contribution in [1.82, 2.24) is 5.32 Å². The second-order valence-corrected chi connectivity index (χ2v) is 6.40. The Morgan fingerprint density at radius 2 is 1.90 bits per heavy atom. The van der Waals surface area contributed by atoms with Gasteiger partial charge in [0.25, 0.3) is 0 Å². The summed E-state index contributed by atoms with van der Waals surface area (Å²) in [6, 6.07) is 11.9. The Hall–Kier alpha value is -3.88. The lowest BCUT2D eigenvalue weighted by atomic mass is 10.0. The van der Waals surface area contributed by atoms with Gasteiger partial charge in [-0.05, 0) is 43.3 Å². The van der Waals surface area contributed by atoms with Crippen LogP contribution < -0.4 is 20.3 Å². The predicted octanol–water partition coefficient (Wildman–Crippen LogP) is 2.18. The van der Waals surface area contributed by atoms with Gasteiger partial charge < -0.3 is 20.1 Å². The van der Waals surface area contributed by atoms with Gasteiger partial charge in [-0.15, -0.1) is 0 Å². The molecule has 1 atom stereocenters. The molecule has 9 nitrogen and oxygen atoms in total. The number of hydrogen-bond acceptors (Lipinski definition) is 6. The van der Waals surface area contributed by atoms with Crippen LogP contribution in [0.4, 0.5) is 16.2 Å². The molecule has 0 aromatic heterocycles. The molecular formula is C21H21N3O6. The quantitative estimate of drug-likeness (QED) is 0.556. The van der Waals surface area contributed by atoms with Crippen LogP contribution in [0.2, 0.25) is 0 Å². The second-order valence-electron chi connectivity index (χ2n) is 6.40. The highest BCUT2D eigenvalue weighted by atomic mass is 16.5. The van der Waals surface area contributed by atoms with Crippen LogP contribution in [0.3, 0.4) is 0 Å². The molecule has 9 heteroatoms. The first-order valence-corrected chi connectivity index (χ1v) is 9.28. The first kappa shape index (κ1) is 20.8. The van der Waals surface area contributed by atoms with E-state index in [1.54, 1.807) is 25.1 Å². The van der Waals surface area contributed by atoms with Crippen LogP contribution in [0.1, 0.15) is 17.3 Å². The van der Waals surface area contributed by atoms with E-state index in [2.05, 4.69) is 10.6 Å². The van der Waals surface area contributed by atoms with Gasteiger partial charge in [-0.3, -0.25) is 9.59 Å². The second kappa shape index (κ2) is 9.08. The average Bonchev–Trinajstić information content (AvgIpc) is 2.74. The van der Waals surface area contributed by atoms with Gasteiger partial charge >= 0.3 is 12.0 Å². The van der Waals surface area contributed by atoms with Crippen molar-refractivity contribution < 1.29 is 28.7 Å². The number of nitrogens with one attached hydrogen (secondary N) is 2. The molecule has 0 bridgehead atoms. The fourth-order valence-corrected chi connectivity index (χ4v) is 2.94. The standard InChI is InChI=1S/C21H21N3O6/c1-3-30-20(27)13-7-9-14(10-8-13)23-18(25)17-12-22-21(28)24(19(17)26)15-5-4-6-16(11-15)29-2/h4-11,17H,3,12H2,1-2H3,(H,22,28)(H,23,25). The number of methoxy groups -OCH3 is 1. The summed E-state index contributed by atoms with van der Waals surface area (Å²) in [5.41, 5.74) is 1.05. The zero-order chi connectivity index (χ0) is 21.7. The highest BCUT2D eigenvalue weighted by Crippen LogP contribution is 2.25. The van der Waals surface area contributed by atoms with Crippen molar-refractivity contribution in [3.8, 4) is 5.75 Å². The Bertz CT molecular complexity index is 973. The number of esters is 1. The number of anilines is 2. The topological polar surface area (TPSA) is 114 Å². The van der Waals surface area contributed by atoms with Gasteiger partial charge in [-0.2, -0.15) is 0 Å². The lowest BCUT2D eigenvalue weighted by molar-refractivity contribution is -0.130. The summed E-state index contributed by atoms with van der Waals surface area (Å²) >= 11 is 0. The third-order valence-corrected chi connectivity index (χ3v) is 4.47. The van der Waals surface area contributed by atoms with Gasteiger partial charge in [0.1, 0.15) is 11.7 Å². The van der Waals surface area contributed by atoms with E-state index in [4.69, 9.17) is 9.47 Å². The lowest BCUT2D eigenvalue weighted by Crippen LogP contribution is -2.58. The van der Waals surface area contributed by atoms with Gasteiger partial charge in [-0.1, -0.05) is 6.07 Å². The SMILES string of the molecule is CCOC(=O)c1ccc(NC(=O)C2CNC(=O)N(c3cccc(OC)c3)C2=O)cc1. The molecule has 30 heavy (non-hydrogen) atoms. The van der Waals surface area contributed by atoms with Gasteiger partial charge in [0.15, 0.2) is 0 Å². The van der Waals surface area contributed by atoms with Crippen molar-refractivity contribution >= 4 is 35.2 Å². The summed E-state index contributed by atoms with van der Waals surface area (Å²) in [6.07, 6.45) is 0. The smallest absolute Gasteiger partial charge is 0.338 e. The summed E-state index contributed by atoms with van der Waals surface area (Å²) in [5, 5.41) is 5.19. The molecular weight excluding hydrogens is 390 g/mol. The van der Waals surface area contributed by atoms with Crippen molar-refractivity contribution in [2.45, 2.75) is 6.92 Å². The molecule has 0 saturated carbocycles. The highest BCUT2D eigenvalue weighted by Gasteiger charge is 2.39. The van der Waals surface area contributed by atoms with Crippen molar-refractivity contribution in [2.75, 3.05) is 30.5 Å². The molecule has 0 radical (unpaired) electrons. The zero-order valence-electron chi connectivity index (χ0n) is 16.5. The first-order chi connectivity index (χ1) is 14.4. The maximum atomic E-state index is 12.9. The van der Waals surface area contributed by atoms with Crippen molar-refractivity contribution in [1.29, 1.82) is 0 Å².